The zero-order valence-corrected chi connectivity index (χ0v) is 7.71. The van der Waals surface area contributed by atoms with Gasteiger partial charge in [0.15, 0.2) is 0 Å². The van der Waals surface area contributed by atoms with Crippen LogP contribution in [0.3, 0.4) is 0 Å². The van der Waals surface area contributed by atoms with E-state index in [1.54, 1.807) is 0 Å². The van der Waals surface area contributed by atoms with Crippen molar-refractivity contribution in [1.29, 1.82) is 0 Å². The summed E-state index contributed by atoms with van der Waals surface area (Å²) >= 11 is 4.92. The molecule has 0 aromatic rings. The molecule has 0 nitrogen and oxygen atoms in total. The van der Waals surface area contributed by atoms with E-state index in [0.717, 1.165) is 11.3 Å². The molecule has 0 bridgehead atoms. The zero-order chi connectivity index (χ0) is 7.82. The fourth-order valence-electron chi connectivity index (χ4n) is 0.689. The van der Waals surface area contributed by atoms with Crippen molar-refractivity contribution < 1.29 is 0 Å². The van der Waals surface area contributed by atoms with Gasteiger partial charge < -0.3 is 0 Å². The Balaban J connectivity index is 3.12. The Kier molecular flexibility index (Phi) is 6.83. The van der Waals surface area contributed by atoms with Gasteiger partial charge in [-0.25, -0.2) is 0 Å². The lowest BCUT2D eigenvalue weighted by atomic mass is 10.2. The molecular weight excluding hydrogens is 140 g/mol. The van der Waals surface area contributed by atoms with Crippen LogP contribution < -0.4 is 0 Å². The molecule has 0 fully saturated rings. The van der Waals surface area contributed by atoms with Crippen LogP contribution in [0.25, 0.3) is 0 Å². The van der Waals surface area contributed by atoms with Crippen LogP contribution in [0.4, 0.5) is 0 Å². The summed E-state index contributed by atoms with van der Waals surface area (Å²) in [4.78, 5) is 1.08. The van der Waals surface area contributed by atoms with E-state index in [1.807, 2.05) is 6.92 Å². The second-order valence-electron chi connectivity index (χ2n) is 2.52. The van der Waals surface area contributed by atoms with Crippen molar-refractivity contribution in [3.05, 3.63) is 12.2 Å². The van der Waals surface area contributed by atoms with Crippen LogP contribution in [-0.2, 0) is 0 Å². The van der Waals surface area contributed by atoms with Crippen molar-refractivity contribution in [3.8, 4) is 0 Å². The van der Waals surface area contributed by atoms with Gasteiger partial charge in [0.05, 0.1) is 0 Å². The van der Waals surface area contributed by atoms with Crippen molar-refractivity contribution in [3.63, 3.8) is 0 Å². The summed E-state index contributed by atoms with van der Waals surface area (Å²) in [6.07, 6.45) is 9.14. The first kappa shape index (κ1) is 9.83. The molecule has 58 valence electrons. The van der Waals surface area contributed by atoms with Crippen LogP contribution in [0.15, 0.2) is 12.2 Å². The Hall–Kier alpha value is -0.170. The maximum absolute atomic E-state index is 4.92. The molecule has 0 saturated heterocycles. The Morgan fingerprint density at radius 2 is 2.10 bits per heavy atom. The average molecular weight is 156 g/mol. The topological polar surface area (TPSA) is 0 Å². The molecule has 0 amide bonds. The van der Waals surface area contributed by atoms with Gasteiger partial charge in [0, 0.05) is 0 Å². The Morgan fingerprint density at radius 1 is 1.40 bits per heavy atom. The molecule has 0 aromatic heterocycles. The fourth-order valence-corrected chi connectivity index (χ4v) is 0.785. The number of thiocarbonyl (C=S) groups is 1. The van der Waals surface area contributed by atoms with Crippen molar-refractivity contribution >= 4 is 17.1 Å². The van der Waals surface area contributed by atoms with Crippen LogP contribution in [0, 0.1) is 0 Å². The summed E-state index contributed by atoms with van der Waals surface area (Å²) in [6, 6.07) is 0. The zero-order valence-electron chi connectivity index (χ0n) is 6.89. The molecule has 0 aliphatic rings. The van der Waals surface area contributed by atoms with Crippen molar-refractivity contribution in [1.82, 2.24) is 0 Å². The predicted molar refractivity (Wildman–Crippen MR) is 51.6 cm³/mol. The molecule has 0 radical (unpaired) electrons. The first-order valence-corrected chi connectivity index (χ1v) is 4.32. The Labute approximate surface area is 69.3 Å². The lowest BCUT2D eigenvalue weighted by molar-refractivity contribution is 0.813. The van der Waals surface area contributed by atoms with Gasteiger partial charge in [-0.3, -0.25) is 0 Å². The molecule has 0 rings (SSSR count). The minimum absolute atomic E-state index is 0.971. The summed E-state index contributed by atoms with van der Waals surface area (Å²) in [5.41, 5.74) is 0. The van der Waals surface area contributed by atoms with E-state index in [4.69, 9.17) is 12.2 Å². The van der Waals surface area contributed by atoms with E-state index >= 15 is 0 Å². The van der Waals surface area contributed by atoms with Crippen LogP contribution in [0.2, 0.25) is 0 Å². The summed E-state index contributed by atoms with van der Waals surface area (Å²) in [5.74, 6) is 0. The number of allylic oxidation sites excluding steroid dienone is 2. The molecule has 10 heavy (non-hydrogen) atoms. The van der Waals surface area contributed by atoms with Crippen molar-refractivity contribution in [2.45, 2.75) is 39.5 Å². The van der Waals surface area contributed by atoms with Gasteiger partial charge in [0.1, 0.15) is 0 Å². The molecular formula is C9H16S. The molecule has 0 unspecified atom stereocenters. The predicted octanol–water partition coefficient (Wildman–Crippen LogP) is 3.51. The van der Waals surface area contributed by atoms with E-state index in [0.29, 0.717) is 0 Å². The SMILES string of the molecule is CCCCC=CCC(C)=S. The summed E-state index contributed by atoms with van der Waals surface area (Å²) in [5, 5.41) is 0. The van der Waals surface area contributed by atoms with E-state index in [2.05, 4.69) is 19.1 Å². The van der Waals surface area contributed by atoms with Gasteiger partial charge >= 0.3 is 0 Å². The fraction of sp³-hybridized carbons (Fsp3) is 0.667. The third-order valence-electron chi connectivity index (χ3n) is 1.30. The quantitative estimate of drug-likeness (QED) is 0.333. The number of hydrogen-bond donors (Lipinski definition) is 0. The number of unbranched alkanes of at least 4 members (excludes halogenated alkanes) is 2. The second kappa shape index (κ2) is 6.94. The number of rotatable bonds is 5. The molecule has 0 heterocycles. The van der Waals surface area contributed by atoms with E-state index in [9.17, 15) is 0 Å². The highest BCUT2D eigenvalue weighted by Crippen LogP contribution is 1.96. The highest BCUT2D eigenvalue weighted by Gasteiger charge is 1.80. The minimum atomic E-state index is 0.971. The third-order valence-corrected chi connectivity index (χ3v) is 1.46. The minimum Gasteiger partial charge on any atom is -0.0897 e. The molecule has 0 atom stereocenters. The van der Waals surface area contributed by atoms with Gasteiger partial charge in [-0.1, -0.05) is 44.1 Å². The molecule has 0 aliphatic heterocycles. The molecule has 0 saturated carbocycles. The van der Waals surface area contributed by atoms with E-state index < -0.39 is 0 Å². The first-order valence-electron chi connectivity index (χ1n) is 3.91. The van der Waals surface area contributed by atoms with Gasteiger partial charge in [0.25, 0.3) is 0 Å². The lowest BCUT2D eigenvalue weighted by Crippen LogP contribution is -1.79. The van der Waals surface area contributed by atoms with Crippen LogP contribution in [0.1, 0.15) is 39.5 Å². The van der Waals surface area contributed by atoms with Gasteiger partial charge in [-0.15, -0.1) is 0 Å². The highest BCUT2D eigenvalue weighted by molar-refractivity contribution is 7.80. The van der Waals surface area contributed by atoms with Gasteiger partial charge in [-0.05, 0) is 24.6 Å². The Morgan fingerprint density at radius 3 is 2.60 bits per heavy atom. The maximum Gasteiger partial charge on any atom is -0.00363 e. The largest absolute Gasteiger partial charge is 0.0897 e. The van der Waals surface area contributed by atoms with Crippen LogP contribution in [0.5, 0.6) is 0 Å². The second-order valence-corrected chi connectivity index (χ2v) is 3.22. The van der Waals surface area contributed by atoms with E-state index in [-0.39, 0.29) is 0 Å². The highest BCUT2D eigenvalue weighted by atomic mass is 32.1. The van der Waals surface area contributed by atoms with Gasteiger partial charge in [-0.2, -0.15) is 0 Å². The summed E-state index contributed by atoms with van der Waals surface area (Å²) in [7, 11) is 0. The van der Waals surface area contributed by atoms with Crippen molar-refractivity contribution in [2.75, 3.05) is 0 Å². The maximum atomic E-state index is 4.92. The lowest BCUT2D eigenvalue weighted by Gasteiger charge is -1.88. The molecule has 0 aromatic carbocycles. The Bertz CT molecular complexity index is 114. The van der Waals surface area contributed by atoms with Gasteiger partial charge in [0.2, 0.25) is 0 Å². The molecule has 0 spiro atoms. The first-order chi connectivity index (χ1) is 4.77. The van der Waals surface area contributed by atoms with Crippen LogP contribution in [-0.4, -0.2) is 4.86 Å². The van der Waals surface area contributed by atoms with E-state index in [1.165, 1.54) is 19.3 Å². The monoisotopic (exact) mass is 156 g/mol. The summed E-state index contributed by atoms with van der Waals surface area (Å²) < 4.78 is 0. The number of hydrogen-bond acceptors (Lipinski definition) is 1. The smallest absolute Gasteiger partial charge is 0.00363 e. The molecule has 0 aliphatic carbocycles. The summed E-state index contributed by atoms with van der Waals surface area (Å²) in [6.45, 7) is 4.19. The third kappa shape index (κ3) is 7.83. The standard InChI is InChI=1S/C9H16S/c1-3-4-5-6-7-8-9(2)10/h6-7H,3-5,8H2,1-2H3. The van der Waals surface area contributed by atoms with Crippen molar-refractivity contribution in [2.24, 2.45) is 0 Å². The molecule has 1 heteroatoms. The normalized spacial score (nSPS) is 10.6. The molecule has 0 N–H and O–H groups in total. The average Bonchev–Trinajstić information content (AvgIpc) is 1.87. The van der Waals surface area contributed by atoms with Crippen LogP contribution >= 0.6 is 12.2 Å².